The number of fused-ring (bicyclic) bond motifs is 1. The number of rotatable bonds is 4. The topological polar surface area (TPSA) is 80.8 Å². The normalized spacial score (nSPS) is 17.4. The van der Waals surface area contributed by atoms with Crippen LogP contribution in [-0.4, -0.2) is 37.6 Å². The van der Waals surface area contributed by atoms with Gasteiger partial charge in [0.25, 0.3) is 0 Å². The summed E-state index contributed by atoms with van der Waals surface area (Å²) in [6.45, 7) is 1.45. The minimum absolute atomic E-state index is 0.0153. The zero-order valence-electron chi connectivity index (χ0n) is 14.5. The number of esters is 1. The van der Waals surface area contributed by atoms with E-state index < -0.39 is 22.0 Å². The van der Waals surface area contributed by atoms with Gasteiger partial charge in [0.15, 0.2) is 5.78 Å². The molecule has 26 heavy (non-hydrogen) atoms. The van der Waals surface area contributed by atoms with E-state index >= 15 is 0 Å². The number of benzene rings is 2. The van der Waals surface area contributed by atoms with Gasteiger partial charge in [-0.1, -0.05) is 36.4 Å². The van der Waals surface area contributed by atoms with Crippen molar-refractivity contribution in [3.8, 4) is 0 Å². The molecule has 0 amide bonds. The number of sulfonamides is 1. The number of Topliss-reactive ketones (excluding diaryl/α,β-unsaturated/α-hetero) is 1. The van der Waals surface area contributed by atoms with Crippen LogP contribution in [0.4, 0.5) is 0 Å². The number of methoxy groups -OCH3 is 1. The summed E-state index contributed by atoms with van der Waals surface area (Å²) in [5.74, 6) is -0.832. The van der Waals surface area contributed by atoms with Crippen molar-refractivity contribution < 1.29 is 22.7 Å². The lowest BCUT2D eigenvalue weighted by molar-refractivity contribution is -0.145. The van der Waals surface area contributed by atoms with Crippen LogP contribution in [0.15, 0.2) is 53.4 Å². The molecule has 6 nitrogen and oxygen atoms in total. The Balaban J connectivity index is 2.08. The molecule has 0 fully saturated rings. The monoisotopic (exact) mass is 373 g/mol. The zero-order chi connectivity index (χ0) is 18.9. The van der Waals surface area contributed by atoms with Crippen molar-refractivity contribution in [1.29, 1.82) is 0 Å². The smallest absolute Gasteiger partial charge is 0.324 e. The van der Waals surface area contributed by atoms with Crippen molar-refractivity contribution in [1.82, 2.24) is 4.31 Å². The number of carbonyl (C=O) groups is 2. The van der Waals surface area contributed by atoms with Crippen LogP contribution in [0, 0.1) is 0 Å². The average Bonchev–Trinajstić information content (AvgIpc) is 2.66. The second kappa shape index (κ2) is 7.01. The van der Waals surface area contributed by atoms with Gasteiger partial charge in [-0.3, -0.25) is 9.59 Å². The highest BCUT2D eigenvalue weighted by molar-refractivity contribution is 7.89. The third-order valence-electron chi connectivity index (χ3n) is 4.53. The van der Waals surface area contributed by atoms with Crippen molar-refractivity contribution >= 4 is 21.8 Å². The molecule has 7 heteroatoms. The maximum atomic E-state index is 13.2. The Morgan fingerprint density at radius 1 is 1.08 bits per heavy atom. The molecule has 0 radical (unpaired) electrons. The van der Waals surface area contributed by atoms with E-state index in [1.54, 1.807) is 6.07 Å². The van der Waals surface area contributed by atoms with E-state index in [-0.39, 0.29) is 23.6 Å². The van der Waals surface area contributed by atoms with Crippen LogP contribution in [0.5, 0.6) is 0 Å². The fraction of sp³-hybridized carbons (Fsp3) is 0.263. The Labute approximate surface area is 152 Å². The highest BCUT2D eigenvalue weighted by Gasteiger charge is 2.40. The summed E-state index contributed by atoms with van der Waals surface area (Å²) in [5.41, 5.74) is 2.07. The number of ether oxygens (including phenoxy) is 1. The number of hydrogen-bond donors (Lipinski definition) is 0. The first-order chi connectivity index (χ1) is 12.3. The third kappa shape index (κ3) is 3.27. The van der Waals surface area contributed by atoms with Gasteiger partial charge < -0.3 is 4.74 Å². The van der Waals surface area contributed by atoms with E-state index in [1.165, 1.54) is 32.2 Å². The number of ketones is 1. The fourth-order valence-corrected chi connectivity index (χ4v) is 4.70. The Morgan fingerprint density at radius 3 is 2.42 bits per heavy atom. The molecule has 0 saturated carbocycles. The van der Waals surface area contributed by atoms with Crippen molar-refractivity contribution in [3.63, 3.8) is 0 Å². The molecule has 0 aliphatic carbocycles. The molecule has 0 unspecified atom stereocenters. The van der Waals surface area contributed by atoms with Gasteiger partial charge in [0, 0.05) is 18.5 Å². The van der Waals surface area contributed by atoms with E-state index in [1.807, 2.05) is 24.3 Å². The van der Waals surface area contributed by atoms with Crippen molar-refractivity contribution in [3.05, 3.63) is 65.2 Å². The van der Waals surface area contributed by atoms with Crippen LogP contribution in [0.25, 0.3) is 0 Å². The molecule has 0 saturated heterocycles. The summed E-state index contributed by atoms with van der Waals surface area (Å²) >= 11 is 0. The first kappa shape index (κ1) is 18.3. The van der Waals surface area contributed by atoms with E-state index in [0.29, 0.717) is 5.56 Å². The molecule has 136 valence electrons. The van der Waals surface area contributed by atoms with E-state index in [0.717, 1.165) is 15.4 Å². The summed E-state index contributed by atoms with van der Waals surface area (Å²) in [4.78, 5) is 23.8. The standard InChI is InChI=1S/C19H19NO5S/c1-13(21)14-8-5-9-17(10-14)26(23,24)20-12-16-7-4-3-6-15(16)11-18(20)19(22)25-2/h3-10,18H,11-12H2,1-2H3/t18-/m0/s1. The summed E-state index contributed by atoms with van der Waals surface area (Å²) < 4.78 is 32.4. The van der Waals surface area contributed by atoms with E-state index in [9.17, 15) is 18.0 Å². The first-order valence-electron chi connectivity index (χ1n) is 8.12. The maximum absolute atomic E-state index is 13.2. The molecule has 3 rings (SSSR count). The summed E-state index contributed by atoms with van der Waals surface area (Å²) in [6.07, 6.45) is 0.245. The predicted molar refractivity (Wildman–Crippen MR) is 95.1 cm³/mol. The van der Waals surface area contributed by atoms with Gasteiger partial charge in [0.05, 0.1) is 12.0 Å². The SMILES string of the molecule is COC(=O)[C@@H]1Cc2ccccc2CN1S(=O)(=O)c1cccc(C(C)=O)c1. The number of nitrogens with zero attached hydrogens (tertiary/aromatic N) is 1. The zero-order valence-corrected chi connectivity index (χ0v) is 15.3. The lowest BCUT2D eigenvalue weighted by atomic mass is 9.96. The Morgan fingerprint density at radius 2 is 1.77 bits per heavy atom. The van der Waals surface area contributed by atoms with E-state index in [4.69, 9.17) is 4.74 Å². The Bertz CT molecular complexity index is 967. The van der Waals surface area contributed by atoms with Crippen LogP contribution < -0.4 is 0 Å². The second-order valence-electron chi connectivity index (χ2n) is 6.15. The van der Waals surface area contributed by atoms with E-state index in [2.05, 4.69) is 0 Å². The summed E-state index contributed by atoms with van der Waals surface area (Å²) in [6, 6.07) is 12.3. The predicted octanol–water partition coefficient (Wildman–Crippen LogP) is 2.18. The second-order valence-corrected chi connectivity index (χ2v) is 8.04. The maximum Gasteiger partial charge on any atom is 0.324 e. The molecule has 2 aromatic rings. The van der Waals surface area contributed by atoms with Crippen molar-refractivity contribution in [2.45, 2.75) is 30.8 Å². The lowest BCUT2D eigenvalue weighted by Crippen LogP contribution is -2.49. The van der Waals surface area contributed by atoms with Crippen LogP contribution in [0.1, 0.15) is 28.4 Å². The van der Waals surface area contributed by atoms with Crippen LogP contribution in [0.2, 0.25) is 0 Å². The highest BCUT2D eigenvalue weighted by atomic mass is 32.2. The number of hydrogen-bond acceptors (Lipinski definition) is 5. The van der Waals surface area contributed by atoms with Crippen molar-refractivity contribution in [2.24, 2.45) is 0 Å². The molecule has 1 atom stereocenters. The molecule has 2 aromatic carbocycles. The fourth-order valence-electron chi connectivity index (χ4n) is 3.10. The quantitative estimate of drug-likeness (QED) is 0.606. The molecular formula is C19H19NO5S. The van der Waals surface area contributed by atoms with Crippen LogP contribution in [-0.2, 0) is 32.5 Å². The molecule has 1 aliphatic rings. The van der Waals surface area contributed by atoms with Gasteiger partial charge in [-0.2, -0.15) is 4.31 Å². The van der Waals surface area contributed by atoms with Gasteiger partial charge in [0.2, 0.25) is 10.0 Å². The van der Waals surface area contributed by atoms with Crippen molar-refractivity contribution in [2.75, 3.05) is 7.11 Å². The molecule has 0 bridgehead atoms. The van der Waals surface area contributed by atoms with Crippen LogP contribution in [0.3, 0.4) is 0 Å². The minimum atomic E-state index is -3.98. The molecule has 1 heterocycles. The van der Waals surface area contributed by atoms with Gasteiger partial charge in [-0.05, 0) is 30.2 Å². The Hall–Kier alpha value is -2.51. The molecule has 0 aromatic heterocycles. The largest absolute Gasteiger partial charge is 0.468 e. The average molecular weight is 373 g/mol. The summed E-state index contributed by atoms with van der Waals surface area (Å²) in [7, 11) is -2.74. The first-order valence-corrected chi connectivity index (χ1v) is 9.56. The van der Waals surface area contributed by atoms with Gasteiger partial charge in [-0.15, -0.1) is 0 Å². The van der Waals surface area contributed by atoms with Gasteiger partial charge in [-0.25, -0.2) is 8.42 Å². The third-order valence-corrected chi connectivity index (χ3v) is 6.38. The lowest BCUT2D eigenvalue weighted by Gasteiger charge is -2.34. The van der Waals surface area contributed by atoms with Gasteiger partial charge >= 0.3 is 5.97 Å². The Kier molecular flexibility index (Phi) is 4.93. The molecular weight excluding hydrogens is 354 g/mol. The number of carbonyl (C=O) groups excluding carboxylic acids is 2. The highest BCUT2D eigenvalue weighted by Crippen LogP contribution is 2.30. The molecule has 0 spiro atoms. The van der Waals surface area contributed by atoms with Gasteiger partial charge in [0.1, 0.15) is 6.04 Å². The summed E-state index contributed by atoms with van der Waals surface area (Å²) in [5, 5.41) is 0. The van der Waals surface area contributed by atoms with Crippen LogP contribution >= 0.6 is 0 Å². The molecule has 1 aliphatic heterocycles. The minimum Gasteiger partial charge on any atom is -0.468 e. The molecule has 0 N–H and O–H groups in total.